The lowest BCUT2D eigenvalue weighted by molar-refractivity contribution is -0.644. The van der Waals surface area contributed by atoms with E-state index in [9.17, 15) is 20.2 Å². The van der Waals surface area contributed by atoms with Crippen molar-refractivity contribution in [3.8, 4) is 0 Å². The van der Waals surface area contributed by atoms with E-state index in [2.05, 4.69) is 0 Å². The van der Waals surface area contributed by atoms with E-state index in [1.807, 2.05) is 60.7 Å². The Hall–Kier alpha value is -2.76. The van der Waals surface area contributed by atoms with Crippen LogP contribution in [0.5, 0.6) is 0 Å². The first-order chi connectivity index (χ1) is 11.5. The Morgan fingerprint density at radius 3 is 1.33 bits per heavy atom. The van der Waals surface area contributed by atoms with Gasteiger partial charge in [0, 0.05) is 22.7 Å². The van der Waals surface area contributed by atoms with E-state index in [0.29, 0.717) is 0 Å². The van der Waals surface area contributed by atoms with E-state index < -0.39 is 32.8 Å². The maximum absolute atomic E-state index is 11.9. The van der Waals surface area contributed by atoms with Crippen LogP contribution in [0.4, 0.5) is 0 Å². The van der Waals surface area contributed by atoms with Crippen molar-refractivity contribution in [1.82, 2.24) is 0 Å². The molecule has 4 rings (SSSR count). The topological polar surface area (TPSA) is 86.3 Å². The highest BCUT2D eigenvalue weighted by atomic mass is 16.7. The summed E-state index contributed by atoms with van der Waals surface area (Å²) >= 11 is 0. The van der Waals surface area contributed by atoms with Crippen molar-refractivity contribution < 1.29 is 9.85 Å². The summed E-state index contributed by atoms with van der Waals surface area (Å²) in [4.78, 5) is 23.1. The van der Waals surface area contributed by atoms with Crippen molar-refractivity contribution in [1.29, 1.82) is 0 Å². The molecule has 24 heavy (non-hydrogen) atoms. The van der Waals surface area contributed by atoms with Crippen LogP contribution in [0.2, 0.25) is 0 Å². The molecule has 0 aromatic heterocycles. The van der Waals surface area contributed by atoms with E-state index in [4.69, 9.17) is 0 Å². The first-order valence-corrected chi connectivity index (χ1v) is 7.93. The van der Waals surface area contributed by atoms with Crippen LogP contribution in [0, 0.1) is 20.2 Å². The molecule has 2 fully saturated rings. The molecular formula is C18H16N2O4. The monoisotopic (exact) mass is 324 g/mol. The lowest BCUT2D eigenvalue weighted by Crippen LogP contribution is -2.46. The lowest BCUT2D eigenvalue weighted by Gasteiger charge is -2.16. The number of hydrogen-bond acceptors (Lipinski definition) is 4. The second-order valence-electron chi connectivity index (χ2n) is 6.70. The molecule has 2 saturated carbocycles. The molecule has 6 nitrogen and oxygen atoms in total. The molecule has 0 N–H and O–H groups in total. The number of hydrogen-bond donors (Lipinski definition) is 0. The Morgan fingerprint density at radius 1 is 0.708 bits per heavy atom. The van der Waals surface area contributed by atoms with E-state index in [0.717, 1.165) is 11.1 Å². The number of benzene rings is 2. The van der Waals surface area contributed by atoms with E-state index in [1.165, 1.54) is 0 Å². The molecule has 2 aromatic carbocycles. The molecule has 2 aromatic rings. The summed E-state index contributed by atoms with van der Waals surface area (Å²) in [5, 5.41) is 23.9. The van der Waals surface area contributed by atoms with Crippen LogP contribution in [0.15, 0.2) is 60.7 Å². The minimum absolute atomic E-state index is 0.230. The molecule has 2 aliphatic carbocycles. The molecule has 0 radical (unpaired) electrons. The molecule has 2 aliphatic rings. The van der Waals surface area contributed by atoms with Gasteiger partial charge < -0.3 is 0 Å². The quantitative estimate of drug-likeness (QED) is 0.623. The molecule has 6 heteroatoms. The van der Waals surface area contributed by atoms with E-state index in [1.54, 1.807) is 0 Å². The first-order valence-electron chi connectivity index (χ1n) is 7.93. The molecule has 0 heterocycles. The summed E-state index contributed by atoms with van der Waals surface area (Å²) in [5.74, 6) is -0.791. The van der Waals surface area contributed by atoms with E-state index >= 15 is 0 Å². The van der Waals surface area contributed by atoms with Crippen LogP contribution in [-0.4, -0.2) is 20.9 Å². The van der Waals surface area contributed by atoms with Crippen LogP contribution < -0.4 is 0 Å². The minimum Gasteiger partial charge on any atom is -0.264 e. The highest BCUT2D eigenvalue weighted by molar-refractivity contribution is 5.44. The van der Waals surface area contributed by atoms with Crippen molar-refractivity contribution >= 4 is 0 Å². The Balaban J connectivity index is 1.76. The second kappa shape index (κ2) is 4.87. The van der Waals surface area contributed by atoms with Crippen LogP contribution >= 0.6 is 0 Å². The average Bonchev–Trinajstić information content (AvgIpc) is 3.48. The minimum atomic E-state index is -1.50. The summed E-state index contributed by atoms with van der Waals surface area (Å²) in [7, 11) is 0. The predicted molar refractivity (Wildman–Crippen MR) is 87.1 cm³/mol. The maximum Gasteiger partial charge on any atom is 0.298 e. The highest BCUT2D eigenvalue weighted by Crippen LogP contribution is 2.73. The van der Waals surface area contributed by atoms with Crippen LogP contribution in [0.25, 0.3) is 0 Å². The Morgan fingerprint density at radius 2 is 1.04 bits per heavy atom. The van der Waals surface area contributed by atoms with E-state index in [-0.39, 0.29) is 12.8 Å². The Kier molecular flexibility index (Phi) is 3.00. The van der Waals surface area contributed by atoms with Gasteiger partial charge in [0.15, 0.2) is 0 Å². The molecule has 0 unspecified atom stereocenters. The van der Waals surface area contributed by atoms with Gasteiger partial charge in [-0.3, -0.25) is 20.2 Å². The van der Waals surface area contributed by atoms with Crippen molar-refractivity contribution in [2.24, 2.45) is 0 Å². The summed E-state index contributed by atoms with van der Waals surface area (Å²) in [6.45, 7) is 0. The molecule has 4 atom stereocenters. The lowest BCUT2D eigenvalue weighted by atomic mass is 9.93. The van der Waals surface area contributed by atoms with Gasteiger partial charge >= 0.3 is 0 Å². The average molecular weight is 324 g/mol. The SMILES string of the molecule is O=[N+]([O-])[C@]1([C@]2([N+](=O)[O-])C[C@H]2c2ccccc2)C[C@@H]1c1ccccc1. The number of nitrogens with zero attached hydrogens (tertiary/aromatic N) is 2. The standard InChI is InChI=1S/C18H16N2O4/c21-19(22)17(11-15(17)13-7-3-1-4-8-13)18(20(23)24)12-16(18)14-9-5-2-6-10-14/h1-10,15-16H,11-12H2/t15-,16+,17-,18+. The van der Waals surface area contributed by atoms with Gasteiger partial charge in [-0.2, -0.15) is 0 Å². The summed E-state index contributed by atoms with van der Waals surface area (Å²) in [5.41, 5.74) is -1.38. The fourth-order valence-corrected chi connectivity index (χ4v) is 4.34. The fourth-order valence-electron chi connectivity index (χ4n) is 4.34. The van der Waals surface area contributed by atoms with Crippen molar-refractivity contribution in [2.75, 3.05) is 0 Å². The Labute approximate surface area is 138 Å². The molecule has 0 amide bonds. The third kappa shape index (κ3) is 1.76. The van der Waals surface area contributed by atoms with Gasteiger partial charge in [0.2, 0.25) is 0 Å². The molecule has 0 aliphatic heterocycles. The number of nitro groups is 2. The van der Waals surface area contributed by atoms with Gasteiger partial charge in [0.25, 0.3) is 11.1 Å². The molecule has 0 spiro atoms. The van der Waals surface area contributed by atoms with Crippen LogP contribution in [0.1, 0.15) is 35.8 Å². The normalized spacial score (nSPS) is 33.7. The van der Waals surface area contributed by atoms with Gasteiger partial charge in [-0.1, -0.05) is 60.7 Å². The fraction of sp³-hybridized carbons (Fsp3) is 0.333. The summed E-state index contributed by atoms with van der Waals surface area (Å²) in [6, 6.07) is 18.2. The van der Waals surface area contributed by atoms with Gasteiger partial charge in [0.05, 0.1) is 11.8 Å². The predicted octanol–water partition coefficient (Wildman–Crippen LogP) is 3.39. The second-order valence-corrected chi connectivity index (χ2v) is 6.70. The molecule has 122 valence electrons. The zero-order valence-electron chi connectivity index (χ0n) is 12.9. The van der Waals surface area contributed by atoms with Crippen LogP contribution in [-0.2, 0) is 0 Å². The first kappa shape index (κ1) is 14.8. The van der Waals surface area contributed by atoms with Crippen molar-refractivity contribution in [2.45, 2.75) is 35.8 Å². The summed E-state index contributed by atoms with van der Waals surface area (Å²) < 4.78 is 0. The highest BCUT2D eigenvalue weighted by Gasteiger charge is 2.93. The van der Waals surface area contributed by atoms with Crippen LogP contribution in [0.3, 0.4) is 0 Å². The maximum atomic E-state index is 11.9. The third-order valence-corrected chi connectivity index (χ3v) is 5.67. The third-order valence-electron chi connectivity index (χ3n) is 5.67. The zero-order valence-corrected chi connectivity index (χ0v) is 12.9. The van der Waals surface area contributed by atoms with Gasteiger partial charge in [0.1, 0.15) is 0 Å². The smallest absolute Gasteiger partial charge is 0.264 e. The van der Waals surface area contributed by atoms with Gasteiger partial charge in [-0.05, 0) is 11.1 Å². The van der Waals surface area contributed by atoms with Crippen molar-refractivity contribution in [3.63, 3.8) is 0 Å². The molecular weight excluding hydrogens is 308 g/mol. The van der Waals surface area contributed by atoms with Gasteiger partial charge in [-0.25, -0.2) is 0 Å². The largest absolute Gasteiger partial charge is 0.298 e. The zero-order chi connectivity index (χ0) is 16.9. The Bertz CT molecular complexity index is 741. The summed E-state index contributed by atoms with van der Waals surface area (Å²) in [6.07, 6.45) is 0.461. The number of rotatable bonds is 5. The molecule has 0 saturated heterocycles. The van der Waals surface area contributed by atoms with Crippen molar-refractivity contribution in [3.05, 3.63) is 92.0 Å². The van der Waals surface area contributed by atoms with Gasteiger partial charge in [-0.15, -0.1) is 0 Å². The molecule has 0 bridgehead atoms.